The Labute approximate surface area is 87.9 Å². The van der Waals surface area contributed by atoms with Gasteiger partial charge >= 0.3 is 0 Å². The van der Waals surface area contributed by atoms with E-state index in [0.29, 0.717) is 26.1 Å². The summed E-state index contributed by atoms with van der Waals surface area (Å²) in [5.74, 6) is 0.118. The molecule has 0 aromatic carbocycles. The number of ether oxygens (including phenoxy) is 3. The van der Waals surface area contributed by atoms with Crippen molar-refractivity contribution in [3.63, 3.8) is 0 Å². The predicted octanol–water partition coefficient (Wildman–Crippen LogP) is -0.536. The molecule has 3 aliphatic rings. The van der Waals surface area contributed by atoms with Crippen LogP contribution in [0.1, 0.15) is 12.8 Å². The van der Waals surface area contributed by atoms with Gasteiger partial charge < -0.3 is 24.4 Å². The van der Waals surface area contributed by atoms with Crippen LogP contribution in [0.3, 0.4) is 0 Å². The summed E-state index contributed by atoms with van der Waals surface area (Å²) in [6.07, 6.45) is -0.311. The molecule has 5 nitrogen and oxygen atoms in total. The first-order valence-electron chi connectivity index (χ1n) is 5.50. The zero-order valence-corrected chi connectivity index (χ0v) is 8.41. The van der Waals surface area contributed by atoms with Crippen molar-refractivity contribution in [1.82, 2.24) is 0 Å². The Balaban J connectivity index is 1.75. The van der Waals surface area contributed by atoms with Gasteiger partial charge in [-0.25, -0.2) is 0 Å². The lowest BCUT2D eigenvalue weighted by atomic mass is 9.91. The van der Waals surface area contributed by atoms with Crippen LogP contribution in [0.2, 0.25) is 0 Å². The minimum Gasteiger partial charge on any atom is -0.393 e. The lowest BCUT2D eigenvalue weighted by Crippen LogP contribution is -2.33. The standard InChI is InChI=1S/C10H16O5/c11-6-4-7-5(3-8(12)15-7)9(6)10-13-1-2-14-10/h5-12H,1-4H2/t5-,6+,7-,8+,9+/m0/s1. The second-order valence-electron chi connectivity index (χ2n) is 4.52. The van der Waals surface area contributed by atoms with Crippen LogP contribution >= 0.6 is 0 Å². The highest BCUT2D eigenvalue weighted by atomic mass is 16.7. The first-order valence-corrected chi connectivity index (χ1v) is 5.50. The van der Waals surface area contributed by atoms with Crippen molar-refractivity contribution in [2.45, 2.75) is 37.6 Å². The van der Waals surface area contributed by atoms with Crippen molar-refractivity contribution in [2.24, 2.45) is 11.8 Å². The summed E-state index contributed by atoms with van der Waals surface area (Å²) in [6, 6.07) is 0. The molecule has 0 bridgehead atoms. The molecular weight excluding hydrogens is 200 g/mol. The van der Waals surface area contributed by atoms with Crippen LogP contribution in [0, 0.1) is 11.8 Å². The highest BCUT2D eigenvalue weighted by Gasteiger charge is 2.53. The van der Waals surface area contributed by atoms with Gasteiger partial charge in [0, 0.05) is 24.7 Å². The Bertz CT molecular complexity index is 240. The van der Waals surface area contributed by atoms with Crippen LogP contribution in [-0.4, -0.2) is 48.2 Å². The van der Waals surface area contributed by atoms with Gasteiger partial charge in [-0.05, 0) is 0 Å². The van der Waals surface area contributed by atoms with Crippen LogP contribution in [0.15, 0.2) is 0 Å². The first-order chi connectivity index (χ1) is 7.25. The molecule has 1 saturated carbocycles. The third-order valence-corrected chi connectivity index (χ3v) is 3.66. The van der Waals surface area contributed by atoms with Gasteiger partial charge in [0.2, 0.25) is 0 Å². The van der Waals surface area contributed by atoms with Gasteiger partial charge in [-0.3, -0.25) is 0 Å². The quantitative estimate of drug-likeness (QED) is 0.616. The number of hydrogen-bond acceptors (Lipinski definition) is 5. The summed E-state index contributed by atoms with van der Waals surface area (Å²) in [5.41, 5.74) is 0. The van der Waals surface area contributed by atoms with Gasteiger partial charge in [-0.15, -0.1) is 0 Å². The molecule has 1 aliphatic carbocycles. The molecule has 5 heteroatoms. The molecule has 2 aliphatic heterocycles. The molecule has 2 saturated heterocycles. The molecule has 0 aromatic rings. The maximum absolute atomic E-state index is 9.92. The Morgan fingerprint density at radius 3 is 2.47 bits per heavy atom. The monoisotopic (exact) mass is 216 g/mol. The van der Waals surface area contributed by atoms with Crippen molar-refractivity contribution < 1.29 is 24.4 Å². The molecule has 0 radical (unpaired) electrons. The zero-order chi connectivity index (χ0) is 10.4. The number of fused-ring (bicyclic) bond motifs is 1. The van der Waals surface area contributed by atoms with E-state index >= 15 is 0 Å². The Hall–Kier alpha value is -0.200. The SMILES string of the molecule is O[C@@H]1C[C@@H]2O[C@@H](O)C[C@@H]2[C@H]1C1OCCO1. The van der Waals surface area contributed by atoms with Crippen LogP contribution in [0.25, 0.3) is 0 Å². The maximum atomic E-state index is 9.92. The zero-order valence-electron chi connectivity index (χ0n) is 8.41. The van der Waals surface area contributed by atoms with Crippen molar-refractivity contribution in [1.29, 1.82) is 0 Å². The summed E-state index contributed by atoms with van der Waals surface area (Å²) in [6.45, 7) is 1.18. The predicted molar refractivity (Wildman–Crippen MR) is 48.8 cm³/mol. The molecule has 0 unspecified atom stereocenters. The largest absolute Gasteiger partial charge is 0.393 e. The molecule has 0 aromatic heterocycles. The number of hydrogen-bond donors (Lipinski definition) is 2. The normalized spacial score (nSPS) is 51.2. The highest BCUT2D eigenvalue weighted by molar-refractivity contribution is 4.97. The van der Waals surface area contributed by atoms with Gasteiger partial charge in [0.25, 0.3) is 0 Å². The number of rotatable bonds is 1. The van der Waals surface area contributed by atoms with E-state index in [2.05, 4.69) is 0 Å². The smallest absolute Gasteiger partial charge is 0.163 e. The van der Waals surface area contributed by atoms with Crippen LogP contribution in [0.5, 0.6) is 0 Å². The molecule has 86 valence electrons. The third-order valence-electron chi connectivity index (χ3n) is 3.66. The van der Waals surface area contributed by atoms with E-state index in [0.717, 1.165) is 0 Å². The van der Waals surface area contributed by atoms with Crippen LogP contribution < -0.4 is 0 Å². The van der Waals surface area contributed by atoms with Gasteiger partial charge in [-0.2, -0.15) is 0 Å². The Morgan fingerprint density at radius 1 is 1.00 bits per heavy atom. The van der Waals surface area contributed by atoms with E-state index in [4.69, 9.17) is 14.2 Å². The molecule has 15 heavy (non-hydrogen) atoms. The fourth-order valence-corrected chi connectivity index (χ4v) is 3.04. The van der Waals surface area contributed by atoms with E-state index in [-0.39, 0.29) is 24.2 Å². The highest BCUT2D eigenvalue weighted by Crippen LogP contribution is 2.45. The van der Waals surface area contributed by atoms with Crippen molar-refractivity contribution in [3.05, 3.63) is 0 Å². The number of aliphatic hydroxyl groups excluding tert-OH is 2. The van der Waals surface area contributed by atoms with Gasteiger partial charge in [0.15, 0.2) is 12.6 Å². The summed E-state index contributed by atoms with van der Waals surface area (Å²) in [4.78, 5) is 0. The summed E-state index contributed by atoms with van der Waals surface area (Å²) in [5, 5.41) is 19.3. The van der Waals surface area contributed by atoms with E-state index in [1.807, 2.05) is 0 Å². The minimum atomic E-state index is -0.684. The average molecular weight is 216 g/mol. The van der Waals surface area contributed by atoms with E-state index in [1.165, 1.54) is 0 Å². The van der Waals surface area contributed by atoms with Crippen molar-refractivity contribution in [3.8, 4) is 0 Å². The molecular formula is C10H16O5. The lowest BCUT2D eigenvalue weighted by molar-refractivity contribution is -0.122. The molecule has 3 rings (SSSR count). The van der Waals surface area contributed by atoms with Gasteiger partial charge in [0.05, 0.1) is 25.4 Å². The van der Waals surface area contributed by atoms with Crippen LogP contribution in [-0.2, 0) is 14.2 Å². The van der Waals surface area contributed by atoms with Crippen molar-refractivity contribution >= 4 is 0 Å². The lowest BCUT2D eigenvalue weighted by Gasteiger charge is -2.24. The average Bonchev–Trinajstić information content (AvgIpc) is 2.80. The Kier molecular flexibility index (Phi) is 2.45. The summed E-state index contributed by atoms with van der Waals surface area (Å²) < 4.78 is 16.2. The molecule has 0 amide bonds. The minimum absolute atomic E-state index is 0.0344. The fraction of sp³-hybridized carbons (Fsp3) is 1.00. The van der Waals surface area contributed by atoms with Gasteiger partial charge in [0.1, 0.15) is 0 Å². The first kappa shape index (κ1) is 9.99. The fourth-order valence-electron chi connectivity index (χ4n) is 3.04. The van der Waals surface area contributed by atoms with E-state index in [1.54, 1.807) is 0 Å². The third kappa shape index (κ3) is 1.59. The van der Waals surface area contributed by atoms with E-state index < -0.39 is 12.4 Å². The van der Waals surface area contributed by atoms with Crippen molar-refractivity contribution in [2.75, 3.05) is 13.2 Å². The van der Waals surface area contributed by atoms with E-state index in [9.17, 15) is 10.2 Å². The molecule has 2 heterocycles. The summed E-state index contributed by atoms with van der Waals surface area (Å²) in [7, 11) is 0. The maximum Gasteiger partial charge on any atom is 0.163 e. The molecule has 0 spiro atoms. The Morgan fingerprint density at radius 2 is 1.73 bits per heavy atom. The molecule has 5 atom stereocenters. The molecule has 3 fully saturated rings. The topological polar surface area (TPSA) is 68.2 Å². The number of aliphatic hydroxyl groups is 2. The second-order valence-corrected chi connectivity index (χ2v) is 4.52. The molecule has 2 N–H and O–H groups in total. The summed E-state index contributed by atoms with van der Waals surface area (Å²) >= 11 is 0. The van der Waals surface area contributed by atoms with Crippen LogP contribution in [0.4, 0.5) is 0 Å². The second kappa shape index (κ2) is 3.68. The van der Waals surface area contributed by atoms with Gasteiger partial charge in [-0.1, -0.05) is 0 Å².